The highest BCUT2D eigenvalue weighted by Gasteiger charge is 2.26. The van der Waals surface area contributed by atoms with E-state index in [4.69, 9.17) is 9.47 Å². The predicted molar refractivity (Wildman–Crippen MR) is 112 cm³/mol. The van der Waals surface area contributed by atoms with Gasteiger partial charge in [0.15, 0.2) is 0 Å². The molecule has 1 atom stereocenters. The summed E-state index contributed by atoms with van der Waals surface area (Å²) in [6, 6.07) is 6.89. The van der Waals surface area contributed by atoms with E-state index in [-0.39, 0.29) is 10.9 Å². The summed E-state index contributed by atoms with van der Waals surface area (Å²) in [5.41, 5.74) is 1.16. The van der Waals surface area contributed by atoms with Crippen molar-refractivity contribution in [2.45, 2.75) is 36.6 Å². The van der Waals surface area contributed by atoms with Gasteiger partial charge in [0.05, 0.1) is 14.2 Å². The Morgan fingerprint density at radius 2 is 1.86 bits per heavy atom. The van der Waals surface area contributed by atoms with Crippen molar-refractivity contribution >= 4 is 21.4 Å². The number of methoxy groups -OCH3 is 2. The van der Waals surface area contributed by atoms with Crippen LogP contribution in [-0.4, -0.2) is 47.2 Å². The molecule has 1 aromatic heterocycles. The van der Waals surface area contributed by atoms with E-state index >= 15 is 0 Å². The standard InChI is InChI=1S/C20H28N2O4S2/c1-25-17-7-8-19(26-2)20(13-17)28(23,24)21-14-18(16-9-12-27-15-16)22-10-5-3-4-6-11-22/h7-9,12-13,15,18,21H,3-6,10-11,14H2,1-2H3. The number of thiophene rings is 1. The van der Waals surface area contributed by atoms with E-state index in [0.29, 0.717) is 18.0 Å². The zero-order valence-corrected chi connectivity index (χ0v) is 18.0. The molecule has 6 nitrogen and oxygen atoms in total. The van der Waals surface area contributed by atoms with Gasteiger partial charge in [0.2, 0.25) is 10.0 Å². The van der Waals surface area contributed by atoms with Crippen molar-refractivity contribution in [3.63, 3.8) is 0 Å². The first-order valence-electron chi connectivity index (χ1n) is 9.53. The summed E-state index contributed by atoms with van der Waals surface area (Å²) in [5.74, 6) is 0.776. The maximum Gasteiger partial charge on any atom is 0.244 e. The summed E-state index contributed by atoms with van der Waals surface area (Å²) >= 11 is 1.64. The second-order valence-electron chi connectivity index (χ2n) is 6.89. The van der Waals surface area contributed by atoms with E-state index in [1.165, 1.54) is 33.1 Å². The molecule has 1 fully saturated rings. The third-order valence-corrected chi connectivity index (χ3v) is 7.28. The Labute approximate surface area is 171 Å². The summed E-state index contributed by atoms with van der Waals surface area (Å²) in [5, 5.41) is 4.15. The van der Waals surface area contributed by atoms with Crippen LogP contribution < -0.4 is 14.2 Å². The Bertz CT molecular complexity index is 845. The normalized spacial score (nSPS) is 17.1. The summed E-state index contributed by atoms with van der Waals surface area (Å²) < 4.78 is 39.3. The molecule has 1 aromatic carbocycles. The molecule has 0 saturated carbocycles. The molecule has 3 rings (SSSR count). The molecule has 1 aliphatic heterocycles. The number of rotatable bonds is 8. The van der Waals surface area contributed by atoms with Crippen molar-refractivity contribution in [3.05, 3.63) is 40.6 Å². The molecule has 0 radical (unpaired) electrons. The lowest BCUT2D eigenvalue weighted by Gasteiger charge is -2.30. The van der Waals surface area contributed by atoms with Crippen LogP contribution in [0, 0.1) is 0 Å². The van der Waals surface area contributed by atoms with Gasteiger partial charge in [-0.15, -0.1) is 0 Å². The number of likely N-dealkylation sites (tertiary alicyclic amines) is 1. The second kappa shape index (κ2) is 9.73. The van der Waals surface area contributed by atoms with Crippen molar-refractivity contribution in [1.29, 1.82) is 0 Å². The minimum absolute atomic E-state index is 0.0238. The Morgan fingerprint density at radius 1 is 1.11 bits per heavy atom. The van der Waals surface area contributed by atoms with Crippen LogP contribution in [0.1, 0.15) is 37.3 Å². The zero-order valence-electron chi connectivity index (χ0n) is 16.4. The maximum atomic E-state index is 13.0. The van der Waals surface area contributed by atoms with Gasteiger partial charge in [0.1, 0.15) is 16.4 Å². The average Bonchev–Trinajstić information content (AvgIpc) is 3.10. The molecule has 2 aromatic rings. The van der Waals surface area contributed by atoms with Gasteiger partial charge < -0.3 is 9.47 Å². The van der Waals surface area contributed by atoms with Gasteiger partial charge in [-0.25, -0.2) is 13.1 Å². The molecule has 0 aliphatic carbocycles. The van der Waals surface area contributed by atoms with Gasteiger partial charge in [-0.3, -0.25) is 4.90 Å². The molecule has 2 heterocycles. The van der Waals surface area contributed by atoms with Crippen LogP contribution in [0.25, 0.3) is 0 Å². The first-order chi connectivity index (χ1) is 13.5. The van der Waals surface area contributed by atoms with E-state index in [1.54, 1.807) is 23.5 Å². The zero-order chi connectivity index (χ0) is 20.0. The highest BCUT2D eigenvalue weighted by Crippen LogP contribution is 2.30. The largest absolute Gasteiger partial charge is 0.497 e. The topological polar surface area (TPSA) is 67.9 Å². The monoisotopic (exact) mass is 424 g/mol. The molecule has 154 valence electrons. The second-order valence-corrected chi connectivity index (χ2v) is 9.41. The number of nitrogens with zero attached hydrogens (tertiary/aromatic N) is 1. The lowest BCUT2D eigenvalue weighted by molar-refractivity contribution is 0.206. The molecule has 1 saturated heterocycles. The van der Waals surface area contributed by atoms with Crippen molar-refractivity contribution in [2.24, 2.45) is 0 Å². The minimum atomic E-state index is -3.75. The lowest BCUT2D eigenvalue weighted by Crippen LogP contribution is -2.38. The lowest BCUT2D eigenvalue weighted by atomic mass is 10.1. The molecule has 0 amide bonds. The summed E-state index contributed by atoms with van der Waals surface area (Å²) in [6.45, 7) is 2.30. The van der Waals surface area contributed by atoms with Crippen molar-refractivity contribution in [1.82, 2.24) is 9.62 Å². The van der Waals surface area contributed by atoms with Gasteiger partial charge in [-0.2, -0.15) is 11.3 Å². The highest BCUT2D eigenvalue weighted by molar-refractivity contribution is 7.89. The first-order valence-corrected chi connectivity index (χ1v) is 12.0. The van der Waals surface area contributed by atoms with Crippen LogP contribution in [0.3, 0.4) is 0 Å². The van der Waals surface area contributed by atoms with Crippen molar-refractivity contribution in [2.75, 3.05) is 33.9 Å². The maximum absolute atomic E-state index is 13.0. The van der Waals surface area contributed by atoms with Crippen LogP contribution in [-0.2, 0) is 10.0 Å². The van der Waals surface area contributed by atoms with E-state index in [9.17, 15) is 8.42 Å². The van der Waals surface area contributed by atoms with E-state index in [0.717, 1.165) is 31.5 Å². The van der Waals surface area contributed by atoms with Gasteiger partial charge in [-0.1, -0.05) is 12.8 Å². The molecule has 1 N–H and O–H groups in total. The minimum Gasteiger partial charge on any atom is -0.497 e. The van der Waals surface area contributed by atoms with Crippen molar-refractivity contribution in [3.8, 4) is 11.5 Å². The highest BCUT2D eigenvalue weighted by atomic mass is 32.2. The quantitative estimate of drug-likeness (QED) is 0.700. The molecule has 0 bridgehead atoms. The molecule has 28 heavy (non-hydrogen) atoms. The Morgan fingerprint density at radius 3 is 2.46 bits per heavy atom. The van der Waals surface area contributed by atoms with E-state index in [2.05, 4.69) is 21.1 Å². The summed E-state index contributed by atoms with van der Waals surface area (Å²) in [7, 11) is -0.772. The first kappa shape index (κ1) is 21.1. The predicted octanol–water partition coefficient (Wildman–Crippen LogP) is 3.66. The fourth-order valence-corrected chi connectivity index (χ4v) is 5.52. The number of hydrogen-bond donors (Lipinski definition) is 1. The molecule has 0 spiro atoms. The number of benzene rings is 1. The summed E-state index contributed by atoms with van der Waals surface area (Å²) in [6.07, 6.45) is 4.77. The van der Waals surface area contributed by atoms with Gasteiger partial charge in [0.25, 0.3) is 0 Å². The average molecular weight is 425 g/mol. The van der Waals surface area contributed by atoms with Crippen LogP contribution in [0.5, 0.6) is 11.5 Å². The van der Waals surface area contributed by atoms with E-state index < -0.39 is 10.0 Å². The van der Waals surface area contributed by atoms with Gasteiger partial charge in [0, 0.05) is 18.7 Å². The molecule has 1 aliphatic rings. The van der Waals surface area contributed by atoms with Crippen LogP contribution >= 0.6 is 11.3 Å². The molecule has 1 unspecified atom stereocenters. The molecular weight excluding hydrogens is 396 g/mol. The summed E-state index contributed by atoms with van der Waals surface area (Å²) in [4.78, 5) is 2.50. The SMILES string of the molecule is COc1ccc(OC)c(S(=O)(=O)NCC(c2ccsc2)N2CCCCCC2)c1. The number of nitrogens with one attached hydrogen (secondary N) is 1. The Hall–Kier alpha value is -1.61. The fraction of sp³-hybridized carbons (Fsp3) is 0.500. The Balaban J connectivity index is 1.82. The number of sulfonamides is 1. The number of ether oxygens (including phenoxy) is 2. The number of hydrogen-bond acceptors (Lipinski definition) is 6. The third kappa shape index (κ3) is 5.05. The Kier molecular flexibility index (Phi) is 7.34. The third-order valence-electron chi connectivity index (χ3n) is 5.14. The van der Waals surface area contributed by atoms with Crippen molar-refractivity contribution < 1.29 is 17.9 Å². The molecular formula is C20H28N2O4S2. The van der Waals surface area contributed by atoms with Gasteiger partial charge >= 0.3 is 0 Å². The molecule has 8 heteroatoms. The van der Waals surface area contributed by atoms with Gasteiger partial charge in [-0.05, 0) is 60.5 Å². The van der Waals surface area contributed by atoms with Crippen LogP contribution in [0.15, 0.2) is 39.9 Å². The van der Waals surface area contributed by atoms with Crippen LogP contribution in [0.4, 0.5) is 0 Å². The fourth-order valence-electron chi connectivity index (χ4n) is 3.59. The van der Waals surface area contributed by atoms with Crippen LogP contribution in [0.2, 0.25) is 0 Å². The smallest absolute Gasteiger partial charge is 0.244 e. The van der Waals surface area contributed by atoms with E-state index in [1.807, 2.05) is 5.38 Å².